The maximum Gasteiger partial charge on any atom is 0.229 e. The Balaban J connectivity index is 1.46. The lowest BCUT2D eigenvalue weighted by molar-refractivity contribution is -0.117. The average Bonchev–Trinajstić information content (AvgIpc) is 3.49. The SMILES string of the molecule is [2H]C([2H])([2H])C([2H])([2H])c1ncc(-c2nc3cc(N4CCOCC4)ccc3o2)c2cc(NC(=O)[C@H]3C[C@H]3C)ncc12. The summed E-state index contributed by atoms with van der Waals surface area (Å²) in [5.74, 6) is 0.607. The first-order chi connectivity index (χ1) is 18.5. The summed E-state index contributed by atoms with van der Waals surface area (Å²) in [4.78, 5) is 28.0. The van der Waals surface area contributed by atoms with E-state index in [9.17, 15) is 4.79 Å². The van der Waals surface area contributed by atoms with Crippen molar-refractivity contribution in [3.63, 3.8) is 0 Å². The van der Waals surface area contributed by atoms with Crippen LogP contribution in [0.2, 0.25) is 0 Å². The molecule has 0 unspecified atom stereocenters. The standard InChI is InChI=1S/C26H27N5O3/c1-3-21-19-13-28-24(30-25(32)17-10-15(17)2)12-18(19)20(14-27-21)26-29-22-11-16(4-5-23(22)34-26)31-6-8-33-9-7-31/h4-5,11-15,17H,3,6-10H2,1-2H3,(H,28,30,32)/t15-,17+/m1/s1/i1D3,3D2. The first-order valence-electron chi connectivity index (χ1n) is 13.9. The van der Waals surface area contributed by atoms with Gasteiger partial charge < -0.3 is 19.4 Å². The number of benzene rings is 1. The second kappa shape index (κ2) is 8.36. The molecule has 1 aromatic carbocycles. The number of nitrogens with one attached hydrogen (secondary N) is 1. The monoisotopic (exact) mass is 462 g/mol. The van der Waals surface area contributed by atoms with E-state index in [0.717, 1.165) is 25.2 Å². The van der Waals surface area contributed by atoms with Gasteiger partial charge in [-0.1, -0.05) is 13.8 Å². The van der Waals surface area contributed by atoms with Gasteiger partial charge in [-0.3, -0.25) is 9.78 Å². The fourth-order valence-electron chi connectivity index (χ4n) is 4.43. The Morgan fingerprint density at radius 1 is 1.24 bits per heavy atom. The van der Waals surface area contributed by atoms with Gasteiger partial charge in [0.05, 0.1) is 18.8 Å². The minimum absolute atomic E-state index is 0.0719. The summed E-state index contributed by atoms with van der Waals surface area (Å²) in [5.41, 5.74) is 2.35. The molecule has 0 bridgehead atoms. The van der Waals surface area contributed by atoms with E-state index in [4.69, 9.17) is 21.0 Å². The topological polar surface area (TPSA) is 93.4 Å². The van der Waals surface area contributed by atoms with Crippen molar-refractivity contribution in [1.29, 1.82) is 0 Å². The fraction of sp³-hybridized carbons (Fsp3) is 0.385. The normalized spacial score (nSPS) is 23.1. The quantitative estimate of drug-likeness (QED) is 0.469. The molecule has 6 rings (SSSR count). The first-order valence-corrected chi connectivity index (χ1v) is 11.4. The van der Waals surface area contributed by atoms with Crippen LogP contribution in [-0.2, 0) is 15.9 Å². The molecule has 1 saturated carbocycles. The van der Waals surface area contributed by atoms with Crippen LogP contribution in [0.1, 0.15) is 32.7 Å². The van der Waals surface area contributed by atoms with Crippen LogP contribution in [0.5, 0.6) is 0 Å². The fourth-order valence-corrected chi connectivity index (χ4v) is 4.43. The second-order valence-electron chi connectivity index (χ2n) is 8.84. The lowest BCUT2D eigenvalue weighted by Crippen LogP contribution is -2.36. The minimum atomic E-state index is -2.96. The highest BCUT2D eigenvalue weighted by Crippen LogP contribution is 2.39. The summed E-state index contributed by atoms with van der Waals surface area (Å²) in [7, 11) is 0. The summed E-state index contributed by atoms with van der Waals surface area (Å²) in [6.45, 7) is 1.90. The molecule has 2 aliphatic rings. The number of anilines is 2. The Morgan fingerprint density at radius 3 is 2.88 bits per heavy atom. The predicted molar refractivity (Wildman–Crippen MR) is 131 cm³/mol. The van der Waals surface area contributed by atoms with E-state index in [1.165, 1.54) is 12.4 Å². The number of oxazole rings is 1. The molecule has 4 heterocycles. The lowest BCUT2D eigenvalue weighted by atomic mass is 10.1. The third kappa shape index (κ3) is 3.77. The number of hydrogen-bond acceptors (Lipinski definition) is 7. The number of rotatable bonds is 5. The number of amides is 1. The van der Waals surface area contributed by atoms with Crippen molar-refractivity contribution in [3.8, 4) is 11.5 Å². The van der Waals surface area contributed by atoms with E-state index in [-0.39, 0.29) is 34.6 Å². The largest absolute Gasteiger partial charge is 0.436 e. The molecule has 3 aromatic heterocycles. The maximum absolute atomic E-state index is 12.6. The van der Waals surface area contributed by atoms with Crippen molar-refractivity contribution in [1.82, 2.24) is 15.0 Å². The molecule has 0 radical (unpaired) electrons. The zero-order chi connectivity index (χ0) is 27.5. The maximum atomic E-state index is 12.6. The number of pyridine rings is 2. The van der Waals surface area contributed by atoms with Crippen molar-refractivity contribution < 1.29 is 20.8 Å². The van der Waals surface area contributed by atoms with Gasteiger partial charge in [0.25, 0.3) is 0 Å². The zero-order valence-electron chi connectivity index (χ0n) is 23.7. The van der Waals surface area contributed by atoms with Crippen LogP contribution >= 0.6 is 0 Å². The van der Waals surface area contributed by atoms with Crippen molar-refractivity contribution in [3.05, 3.63) is 42.4 Å². The molecule has 1 aliphatic heterocycles. The van der Waals surface area contributed by atoms with Gasteiger partial charge in [0, 0.05) is 60.4 Å². The molecule has 1 saturated heterocycles. The average molecular weight is 463 g/mol. The van der Waals surface area contributed by atoms with Crippen LogP contribution in [0.3, 0.4) is 0 Å². The summed E-state index contributed by atoms with van der Waals surface area (Å²) >= 11 is 0. The third-order valence-electron chi connectivity index (χ3n) is 6.57. The Bertz CT molecular complexity index is 1580. The third-order valence-corrected chi connectivity index (χ3v) is 6.57. The molecule has 2 atom stereocenters. The van der Waals surface area contributed by atoms with E-state index in [1.807, 2.05) is 25.1 Å². The van der Waals surface area contributed by atoms with Gasteiger partial charge in [-0.2, -0.15) is 0 Å². The summed E-state index contributed by atoms with van der Waals surface area (Å²) in [5, 5.41) is 3.44. The number of carbonyl (C=O) groups excluding carboxylic acids is 1. The molecule has 2 fully saturated rings. The molecule has 1 amide bonds. The molecule has 0 spiro atoms. The van der Waals surface area contributed by atoms with Crippen molar-refractivity contribution in [2.45, 2.75) is 26.6 Å². The highest BCUT2D eigenvalue weighted by atomic mass is 16.5. The second-order valence-corrected chi connectivity index (χ2v) is 8.84. The number of aryl methyl sites for hydroxylation is 1. The number of aromatic nitrogens is 3. The van der Waals surface area contributed by atoms with E-state index >= 15 is 0 Å². The number of morpholine rings is 1. The van der Waals surface area contributed by atoms with Gasteiger partial charge >= 0.3 is 0 Å². The number of ether oxygens (including phenoxy) is 1. The number of hydrogen-bond donors (Lipinski definition) is 1. The van der Waals surface area contributed by atoms with Gasteiger partial charge in [-0.15, -0.1) is 0 Å². The number of fused-ring (bicyclic) bond motifs is 2. The molecule has 8 heteroatoms. The van der Waals surface area contributed by atoms with E-state index in [0.29, 0.717) is 41.2 Å². The summed E-state index contributed by atoms with van der Waals surface area (Å²) < 4.78 is 51.4. The Labute approximate surface area is 204 Å². The minimum Gasteiger partial charge on any atom is -0.436 e. The number of carbonyl (C=O) groups is 1. The van der Waals surface area contributed by atoms with Crippen LogP contribution < -0.4 is 10.2 Å². The van der Waals surface area contributed by atoms with Crippen LogP contribution in [0.15, 0.2) is 41.1 Å². The number of nitrogens with zero attached hydrogens (tertiary/aromatic N) is 4. The van der Waals surface area contributed by atoms with Crippen molar-refractivity contribution in [2.75, 3.05) is 36.5 Å². The Kier molecular flexibility index (Phi) is 3.97. The Morgan fingerprint density at radius 2 is 2.09 bits per heavy atom. The zero-order valence-corrected chi connectivity index (χ0v) is 18.7. The van der Waals surface area contributed by atoms with Gasteiger partial charge in [0.15, 0.2) is 5.58 Å². The highest BCUT2D eigenvalue weighted by Gasteiger charge is 2.39. The molecule has 8 nitrogen and oxygen atoms in total. The highest BCUT2D eigenvalue weighted by molar-refractivity contribution is 6.00. The predicted octanol–water partition coefficient (Wildman–Crippen LogP) is 4.43. The molecular formula is C26H27N5O3. The molecule has 174 valence electrons. The van der Waals surface area contributed by atoms with Crippen LogP contribution in [-0.4, -0.2) is 47.2 Å². The van der Waals surface area contributed by atoms with Gasteiger partial charge in [0.2, 0.25) is 11.8 Å². The molecule has 34 heavy (non-hydrogen) atoms. The first kappa shape index (κ1) is 16.2. The van der Waals surface area contributed by atoms with Gasteiger partial charge in [-0.25, -0.2) is 9.97 Å². The molecule has 4 aromatic rings. The van der Waals surface area contributed by atoms with Crippen LogP contribution in [0.25, 0.3) is 33.3 Å². The molecule has 1 N–H and O–H groups in total. The van der Waals surface area contributed by atoms with E-state index in [1.54, 1.807) is 6.07 Å². The lowest BCUT2D eigenvalue weighted by Gasteiger charge is -2.28. The van der Waals surface area contributed by atoms with Crippen molar-refractivity contribution >= 4 is 39.3 Å². The van der Waals surface area contributed by atoms with Crippen molar-refractivity contribution in [2.24, 2.45) is 11.8 Å². The van der Waals surface area contributed by atoms with E-state index in [2.05, 4.69) is 20.2 Å². The van der Waals surface area contributed by atoms with Crippen LogP contribution in [0.4, 0.5) is 11.5 Å². The molecule has 1 aliphatic carbocycles. The van der Waals surface area contributed by atoms with Gasteiger partial charge in [-0.05, 0) is 43.0 Å². The summed E-state index contributed by atoms with van der Waals surface area (Å²) in [6.07, 6.45) is 0.778. The molecular weight excluding hydrogens is 430 g/mol. The van der Waals surface area contributed by atoms with E-state index < -0.39 is 13.2 Å². The van der Waals surface area contributed by atoms with Gasteiger partial charge in [0.1, 0.15) is 11.3 Å². The van der Waals surface area contributed by atoms with Crippen LogP contribution in [0, 0.1) is 11.8 Å². The Hall–Kier alpha value is -3.52. The summed E-state index contributed by atoms with van der Waals surface area (Å²) in [6, 6.07) is 7.33. The smallest absolute Gasteiger partial charge is 0.229 e.